The standard InChI is InChI=1S/C14H16O4/c1-9(14(16)17-2)13(15)11-7-8-18-12-6-4-3-5-10(11)12/h3-6,9,11H,7-8H2,1-2H3. The molecule has 1 heterocycles. The van der Waals surface area contributed by atoms with E-state index in [1.807, 2.05) is 24.3 Å². The molecule has 0 N–H and O–H groups in total. The summed E-state index contributed by atoms with van der Waals surface area (Å²) in [5.41, 5.74) is 0.865. The summed E-state index contributed by atoms with van der Waals surface area (Å²) in [5, 5.41) is 0. The molecule has 1 aromatic rings. The monoisotopic (exact) mass is 248 g/mol. The van der Waals surface area contributed by atoms with E-state index in [0.717, 1.165) is 11.3 Å². The van der Waals surface area contributed by atoms with Crippen molar-refractivity contribution in [1.29, 1.82) is 0 Å². The second-order valence-electron chi connectivity index (χ2n) is 4.37. The van der Waals surface area contributed by atoms with E-state index in [2.05, 4.69) is 4.74 Å². The normalized spacial score (nSPS) is 19.3. The zero-order valence-corrected chi connectivity index (χ0v) is 10.5. The second kappa shape index (κ2) is 5.21. The molecule has 2 unspecified atom stereocenters. The van der Waals surface area contributed by atoms with Gasteiger partial charge in [-0.3, -0.25) is 9.59 Å². The molecule has 96 valence electrons. The van der Waals surface area contributed by atoms with Gasteiger partial charge in [0.25, 0.3) is 0 Å². The van der Waals surface area contributed by atoms with Crippen LogP contribution in [0.2, 0.25) is 0 Å². The highest BCUT2D eigenvalue weighted by Gasteiger charge is 2.33. The zero-order chi connectivity index (χ0) is 13.1. The predicted molar refractivity (Wildman–Crippen MR) is 65.5 cm³/mol. The molecule has 0 saturated carbocycles. The predicted octanol–water partition coefficient (Wildman–Crippen LogP) is 1.93. The Labute approximate surface area is 106 Å². The number of benzene rings is 1. The lowest BCUT2D eigenvalue weighted by molar-refractivity contribution is -0.149. The van der Waals surface area contributed by atoms with Crippen LogP contribution < -0.4 is 4.74 Å². The van der Waals surface area contributed by atoms with Crippen LogP contribution in [0.3, 0.4) is 0 Å². The molecule has 1 aliphatic heterocycles. The summed E-state index contributed by atoms with van der Waals surface area (Å²) in [6, 6.07) is 7.46. The minimum absolute atomic E-state index is 0.0994. The topological polar surface area (TPSA) is 52.6 Å². The lowest BCUT2D eigenvalue weighted by Gasteiger charge is -2.26. The summed E-state index contributed by atoms with van der Waals surface area (Å²) in [4.78, 5) is 23.7. The van der Waals surface area contributed by atoms with Crippen molar-refractivity contribution < 1.29 is 19.1 Å². The van der Waals surface area contributed by atoms with E-state index in [-0.39, 0.29) is 11.7 Å². The number of esters is 1. The fourth-order valence-corrected chi connectivity index (χ4v) is 2.23. The summed E-state index contributed by atoms with van der Waals surface area (Å²) in [5.74, 6) is -0.851. The number of hydrogen-bond donors (Lipinski definition) is 0. The maximum Gasteiger partial charge on any atom is 0.315 e. The van der Waals surface area contributed by atoms with E-state index >= 15 is 0 Å². The fourth-order valence-electron chi connectivity index (χ4n) is 2.23. The lowest BCUT2D eigenvalue weighted by Crippen LogP contribution is -2.30. The van der Waals surface area contributed by atoms with Gasteiger partial charge in [0.2, 0.25) is 0 Å². The van der Waals surface area contributed by atoms with Crippen LogP contribution in [-0.4, -0.2) is 25.5 Å². The van der Waals surface area contributed by atoms with Gasteiger partial charge in [0.15, 0.2) is 5.78 Å². The van der Waals surface area contributed by atoms with Gasteiger partial charge in [-0.05, 0) is 19.4 Å². The molecule has 2 rings (SSSR count). The number of fused-ring (bicyclic) bond motifs is 1. The summed E-state index contributed by atoms with van der Waals surface area (Å²) in [6.07, 6.45) is 0.608. The molecule has 2 atom stereocenters. The SMILES string of the molecule is COC(=O)C(C)C(=O)C1CCOc2ccccc21. The van der Waals surface area contributed by atoms with Crippen LogP contribution in [0.15, 0.2) is 24.3 Å². The van der Waals surface area contributed by atoms with Crippen LogP contribution in [0, 0.1) is 5.92 Å². The smallest absolute Gasteiger partial charge is 0.315 e. The van der Waals surface area contributed by atoms with E-state index in [0.29, 0.717) is 13.0 Å². The van der Waals surface area contributed by atoms with Crippen LogP contribution >= 0.6 is 0 Å². The summed E-state index contributed by atoms with van der Waals surface area (Å²) >= 11 is 0. The van der Waals surface area contributed by atoms with Gasteiger partial charge in [0.1, 0.15) is 11.7 Å². The van der Waals surface area contributed by atoms with E-state index < -0.39 is 11.9 Å². The summed E-state index contributed by atoms with van der Waals surface area (Å²) in [7, 11) is 1.30. The van der Waals surface area contributed by atoms with Crippen molar-refractivity contribution in [2.24, 2.45) is 5.92 Å². The van der Waals surface area contributed by atoms with Crippen molar-refractivity contribution in [3.05, 3.63) is 29.8 Å². The first-order valence-electron chi connectivity index (χ1n) is 5.98. The van der Waals surface area contributed by atoms with Crippen molar-refractivity contribution in [2.45, 2.75) is 19.3 Å². The quantitative estimate of drug-likeness (QED) is 0.606. The van der Waals surface area contributed by atoms with Crippen LogP contribution in [-0.2, 0) is 14.3 Å². The third-order valence-electron chi connectivity index (χ3n) is 3.28. The number of ether oxygens (including phenoxy) is 2. The molecular formula is C14H16O4. The third kappa shape index (κ3) is 2.23. The summed E-state index contributed by atoms with van der Waals surface area (Å²) < 4.78 is 10.1. The van der Waals surface area contributed by atoms with Crippen LogP contribution in [0.4, 0.5) is 0 Å². The Morgan fingerprint density at radius 2 is 2.11 bits per heavy atom. The maximum absolute atomic E-state index is 12.3. The summed E-state index contributed by atoms with van der Waals surface area (Å²) in [6.45, 7) is 2.09. The molecule has 1 aromatic carbocycles. The molecule has 0 amide bonds. The van der Waals surface area contributed by atoms with Gasteiger partial charge in [0.05, 0.1) is 19.6 Å². The number of methoxy groups -OCH3 is 1. The molecule has 0 bridgehead atoms. The number of hydrogen-bond acceptors (Lipinski definition) is 4. The molecule has 0 aromatic heterocycles. The first kappa shape index (κ1) is 12.6. The largest absolute Gasteiger partial charge is 0.493 e. The Bertz CT molecular complexity index is 467. The number of ketones is 1. The molecule has 0 fully saturated rings. The highest BCUT2D eigenvalue weighted by atomic mass is 16.5. The highest BCUT2D eigenvalue weighted by molar-refractivity contribution is 6.02. The highest BCUT2D eigenvalue weighted by Crippen LogP contribution is 2.35. The van der Waals surface area contributed by atoms with Crippen LogP contribution in [0.1, 0.15) is 24.8 Å². The Balaban J connectivity index is 2.25. The first-order valence-corrected chi connectivity index (χ1v) is 5.98. The van der Waals surface area contributed by atoms with Crippen molar-refractivity contribution in [2.75, 3.05) is 13.7 Å². The minimum atomic E-state index is -0.730. The van der Waals surface area contributed by atoms with Gasteiger partial charge in [-0.15, -0.1) is 0 Å². The molecule has 18 heavy (non-hydrogen) atoms. The molecule has 0 saturated heterocycles. The van der Waals surface area contributed by atoms with Crippen LogP contribution in [0.5, 0.6) is 5.75 Å². The molecule has 1 aliphatic rings. The minimum Gasteiger partial charge on any atom is -0.493 e. The molecule has 0 aliphatic carbocycles. The number of rotatable bonds is 3. The molecule has 0 radical (unpaired) electrons. The van der Waals surface area contributed by atoms with E-state index in [1.165, 1.54) is 7.11 Å². The Kier molecular flexibility index (Phi) is 3.65. The van der Waals surface area contributed by atoms with Gasteiger partial charge in [-0.2, -0.15) is 0 Å². The maximum atomic E-state index is 12.3. The van der Waals surface area contributed by atoms with E-state index in [9.17, 15) is 9.59 Å². The Morgan fingerprint density at radius 1 is 1.39 bits per heavy atom. The van der Waals surface area contributed by atoms with Gasteiger partial charge in [0, 0.05) is 5.56 Å². The lowest BCUT2D eigenvalue weighted by atomic mass is 9.84. The average Bonchev–Trinajstić information content (AvgIpc) is 2.44. The third-order valence-corrected chi connectivity index (χ3v) is 3.28. The molecule has 0 spiro atoms. The zero-order valence-electron chi connectivity index (χ0n) is 10.5. The van der Waals surface area contributed by atoms with Crippen LogP contribution in [0.25, 0.3) is 0 Å². The van der Waals surface area contributed by atoms with E-state index in [4.69, 9.17) is 4.74 Å². The van der Waals surface area contributed by atoms with Crippen molar-refractivity contribution in [3.63, 3.8) is 0 Å². The van der Waals surface area contributed by atoms with Crippen molar-refractivity contribution in [3.8, 4) is 5.75 Å². The number of Topliss-reactive ketones (excluding diaryl/α,β-unsaturated/α-hetero) is 1. The van der Waals surface area contributed by atoms with Gasteiger partial charge in [-0.25, -0.2) is 0 Å². The number of para-hydroxylation sites is 1. The van der Waals surface area contributed by atoms with Crippen molar-refractivity contribution >= 4 is 11.8 Å². The molecule has 4 heteroatoms. The van der Waals surface area contributed by atoms with Gasteiger partial charge < -0.3 is 9.47 Å². The number of carbonyl (C=O) groups excluding carboxylic acids is 2. The fraction of sp³-hybridized carbons (Fsp3) is 0.429. The average molecular weight is 248 g/mol. The van der Waals surface area contributed by atoms with Crippen molar-refractivity contribution in [1.82, 2.24) is 0 Å². The number of carbonyl (C=O) groups is 2. The molecule has 4 nitrogen and oxygen atoms in total. The molecular weight excluding hydrogens is 232 g/mol. The van der Waals surface area contributed by atoms with Gasteiger partial charge in [-0.1, -0.05) is 18.2 Å². The first-order chi connectivity index (χ1) is 8.65. The second-order valence-corrected chi connectivity index (χ2v) is 4.37. The van der Waals surface area contributed by atoms with E-state index in [1.54, 1.807) is 6.92 Å². The Morgan fingerprint density at radius 3 is 2.83 bits per heavy atom. The van der Waals surface area contributed by atoms with Gasteiger partial charge >= 0.3 is 5.97 Å². The Hall–Kier alpha value is -1.84.